The molecule has 0 saturated heterocycles. The standard InChI is InChI=1S/C14H12O4.C9H17N/c1-8(11-4-2-9(15)6-13(11)17)12-5-3-10(16)7-14(12)18;1-4-7-9-10(6-3)8-5-2/h2-7,15-18H,1H2;5-6,8H,3-4,7,9H2,1-2H3/b;8-5-. The van der Waals surface area contributed by atoms with E-state index in [1.807, 2.05) is 25.4 Å². The molecule has 5 heteroatoms. The van der Waals surface area contributed by atoms with Crippen LogP contribution < -0.4 is 0 Å². The van der Waals surface area contributed by atoms with Crippen LogP contribution in [0, 0.1) is 0 Å². The summed E-state index contributed by atoms with van der Waals surface area (Å²) in [5, 5.41) is 37.9. The number of aromatic hydroxyl groups is 4. The van der Waals surface area contributed by atoms with Crippen molar-refractivity contribution in [1.29, 1.82) is 0 Å². The fourth-order valence-corrected chi connectivity index (χ4v) is 2.45. The van der Waals surface area contributed by atoms with Crippen molar-refractivity contribution < 1.29 is 20.4 Å². The van der Waals surface area contributed by atoms with Gasteiger partial charge in [-0.3, -0.25) is 0 Å². The van der Waals surface area contributed by atoms with Crippen molar-refractivity contribution in [3.8, 4) is 23.0 Å². The molecule has 0 spiro atoms. The number of allylic oxidation sites excluding steroid dienone is 1. The molecular formula is C23H29NO4. The molecule has 0 heterocycles. The van der Waals surface area contributed by atoms with E-state index in [1.165, 1.54) is 49.2 Å². The lowest BCUT2D eigenvalue weighted by Crippen LogP contribution is -2.09. The lowest BCUT2D eigenvalue weighted by Gasteiger charge is -2.12. The van der Waals surface area contributed by atoms with Gasteiger partial charge in [0, 0.05) is 29.8 Å². The van der Waals surface area contributed by atoms with E-state index in [0.717, 1.165) is 6.54 Å². The van der Waals surface area contributed by atoms with Crippen molar-refractivity contribution in [3.05, 3.63) is 79.2 Å². The van der Waals surface area contributed by atoms with Gasteiger partial charge >= 0.3 is 0 Å². The molecule has 150 valence electrons. The Morgan fingerprint density at radius 1 is 0.964 bits per heavy atom. The maximum Gasteiger partial charge on any atom is 0.127 e. The van der Waals surface area contributed by atoms with Crippen LogP contribution in [0.1, 0.15) is 37.8 Å². The van der Waals surface area contributed by atoms with Gasteiger partial charge in [-0.15, -0.1) is 0 Å². The van der Waals surface area contributed by atoms with Gasteiger partial charge in [-0.1, -0.05) is 32.6 Å². The number of nitrogens with zero attached hydrogens (tertiary/aromatic N) is 1. The Hall–Kier alpha value is -3.34. The van der Waals surface area contributed by atoms with Crippen molar-refractivity contribution in [2.24, 2.45) is 0 Å². The minimum atomic E-state index is -0.132. The summed E-state index contributed by atoms with van der Waals surface area (Å²) in [4.78, 5) is 2.10. The summed E-state index contributed by atoms with van der Waals surface area (Å²) in [6, 6.07) is 8.21. The van der Waals surface area contributed by atoms with Crippen LogP contribution in [0.2, 0.25) is 0 Å². The highest BCUT2D eigenvalue weighted by Crippen LogP contribution is 2.36. The number of rotatable bonds is 7. The number of benzene rings is 2. The fraction of sp³-hybridized carbons (Fsp3) is 0.217. The second kappa shape index (κ2) is 11.4. The fourth-order valence-electron chi connectivity index (χ4n) is 2.45. The van der Waals surface area contributed by atoms with Crippen molar-refractivity contribution in [2.45, 2.75) is 26.7 Å². The van der Waals surface area contributed by atoms with Crippen molar-refractivity contribution in [1.82, 2.24) is 4.90 Å². The molecule has 5 nitrogen and oxygen atoms in total. The van der Waals surface area contributed by atoms with E-state index in [1.54, 1.807) is 0 Å². The van der Waals surface area contributed by atoms with Crippen LogP contribution in [0.15, 0.2) is 68.0 Å². The molecule has 0 atom stereocenters. The average molecular weight is 383 g/mol. The number of hydrogen-bond donors (Lipinski definition) is 4. The highest BCUT2D eigenvalue weighted by molar-refractivity contribution is 5.84. The zero-order chi connectivity index (χ0) is 21.1. The van der Waals surface area contributed by atoms with Gasteiger partial charge in [0.2, 0.25) is 0 Å². The molecule has 28 heavy (non-hydrogen) atoms. The molecule has 2 rings (SSSR count). The second-order valence-electron chi connectivity index (χ2n) is 6.14. The Bertz CT molecular complexity index is 774. The lowest BCUT2D eigenvalue weighted by atomic mass is 9.97. The molecular weight excluding hydrogens is 354 g/mol. The van der Waals surface area contributed by atoms with Crippen LogP contribution in [0.4, 0.5) is 0 Å². The SMILES string of the molecule is C=C(c1ccc(O)cc1O)c1ccc(O)cc1O.C=CN(/C=C\C)CCCC. The molecule has 0 fully saturated rings. The van der Waals surface area contributed by atoms with Gasteiger partial charge in [0.15, 0.2) is 0 Å². The third kappa shape index (κ3) is 6.76. The highest BCUT2D eigenvalue weighted by atomic mass is 16.3. The van der Waals surface area contributed by atoms with Crippen LogP contribution >= 0.6 is 0 Å². The zero-order valence-corrected chi connectivity index (χ0v) is 16.5. The molecule has 0 aliphatic heterocycles. The first kappa shape index (κ1) is 22.7. The first-order valence-electron chi connectivity index (χ1n) is 9.08. The summed E-state index contributed by atoms with van der Waals surface area (Å²) in [5.74, 6) is -0.377. The Balaban J connectivity index is 0.000000336. The van der Waals surface area contributed by atoms with Gasteiger partial charge in [0.1, 0.15) is 23.0 Å². The first-order chi connectivity index (χ1) is 13.3. The molecule has 0 amide bonds. The van der Waals surface area contributed by atoms with E-state index >= 15 is 0 Å². The van der Waals surface area contributed by atoms with Crippen molar-refractivity contribution >= 4 is 5.57 Å². The average Bonchev–Trinajstić information content (AvgIpc) is 2.65. The highest BCUT2D eigenvalue weighted by Gasteiger charge is 2.12. The number of hydrogen-bond acceptors (Lipinski definition) is 5. The minimum Gasteiger partial charge on any atom is -0.508 e. The van der Waals surface area contributed by atoms with Crippen molar-refractivity contribution in [3.63, 3.8) is 0 Å². The normalized spacial score (nSPS) is 10.2. The van der Waals surface area contributed by atoms with Gasteiger partial charge in [-0.25, -0.2) is 0 Å². The smallest absolute Gasteiger partial charge is 0.127 e. The number of phenolic OH excluding ortho intramolecular Hbond substituents is 4. The quantitative estimate of drug-likeness (QED) is 0.519. The Morgan fingerprint density at radius 2 is 1.46 bits per heavy atom. The van der Waals surface area contributed by atoms with E-state index < -0.39 is 0 Å². The van der Waals surface area contributed by atoms with Crippen LogP contribution in [0.3, 0.4) is 0 Å². The Kier molecular flexibility index (Phi) is 9.23. The molecule has 4 N–H and O–H groups in total. The van der Waals surface area contributed by atoms with Gasteiger partial charge in [-0.2, -0.15) is 0 Å². The summed E-state index contributed by atoms with van der Waals surface area (Å²) in [6.45, 7) is 12.8. The van der Waals surface area contributed by atoms with E-state index in [-0.39, 0.29) is 23.0 Å². The van der Waals surface area contributed by atoms with Gasteiger partial charge in [0.25, 0.3) is 0 Å². The third-order valence-electron chi connectivity index (χ3n) is 3.96. The van der Waals surface area contributed by atoms with Crippen LogP contribution in [-0.4, -0.2) is 31.9 Å². The molecule has 2 aromatic rings. The predicted octanol–water partition coefficient (Wildman–Crippen LogP) is 5.34. The summed E-state index contributed by atoms with van der Waals surface area (Å²) in [7, 11) is 0. The minimum absolute atomic E-state index is 0.0565. The van der Waals surface area contributed by atoms with E-state index in [2.05, 4.69) is 25.0 Å². The van der Waals surface area contributed by atoms with E-state index in [9.17, 15) is 20.4 Å². The summed E-state index contributed by atoms with van der Waals surface area (Å²) < 4.78 is 0. The Labute approximate surface area is 166 Å². The molecule has 0 saturated carbocycles. The molecule has 0 bridgehead atoms. The van der Waals surface area contributed by atoms with Gasteiger partial charge < -0.3 is 25.3 Å². The first-order valence-corrected chi connectivity index (χ1v) is 9.08. The third-order valence-corrected chi connectivity index (χ3v) is 3.96. The molecule has 2 aromatic carbocycles. The molecule has 0 aliphatic carbocycles. The molecule has 0 radical (unpaired) electrons. The largest absolute Gasteiger partial charge is 0.508 e. The zero-order valence-electron chi connectivity index (χ0n) is 16.5. The lowest BCUT2D eigenvalue weighted by molar-refractivity contribution is 0.448. The second-order valence-corrected chi connectivity index (χ2v) is 6.14. The summed E-state index contributed by atoms with van der Waals surface area (Å²) in [5.41, 5.74) is 1.19. The number of phenols is 4. The van der Waals surface area contributed by atoms with Gasteiger partial charge in [-0.05, 0) is 55.6 Å². The maximum absolute atomic E-state index is 9.72. The Morgan fingerprint density at radius 3 is 1.82 bits per heavy atom. The monoisotopic (exact) mass is 383 g/mol. The predicted molar refractivity (Wildman–Crippen MR) is 114 cm³/mol. The summed E-state index contributed by atoms with van der Waals surface area (Å²) in [6.07, 6.45) is 8.40. The van der Waals surface area contributed by atoms with Gasteiger partial charge in [0.05, 0.1) is 0 Å². The van der Waals surface area contributed by atoms with Crippen molar-refractivity contribution in [2.75, 3.05) is 6.54 Å². The molecule has 0 aromatic heterocycles. The van der Waals surface area contributed by atoms with Crippen LogP contribution in [0.25, 0.3) is 5.57 Å². The van der Waals surface area contributed by atoms with Crippen LogP contribution in [-0.2, 0) is 0 Å². The van der Waals surface area contributed by atoms with Crippen LogP contribution in [0.5, 0.6) is 23.0 Å². The molecule has 0 unspecified atom stereocenters. The molecule has 0 aliphatic rings. The van der Waals surface area contributed by atoms with E-state index in [4.69, 9.17) is 0 Å². The number of unbranched alkanes of at least 4 members (excludes halogenated alkanes) is 1. The topological polar surface area (TPSA) is 84.2 Å². The van der Waals surface area contributed by atoms with E-state index in [0.29, 0.717) is 16.7 Å². The maximum atomic E-state index is 9.72. The summed E-state index contributed by atoms with van der Waals surface area (Å²) >= 11 is 0.